The molecule has 0 fully saturated rings. The zero-order valence-corrected chi connectivity index (χ0v) is 21.9. The summed E-state index contributed by atoms with van der Waals surface area (Å²) in [5.41, 5.74) is 0.948. The molecular formula is C24H31N3O5S2. The van der Waals surface area contributed by atoms with Crippen molar-refractivity contribution in [2.45, 2.75) is 32.6 Å². The number of hydrogen-bond donors (Lipinski definition) is 1. The average Bonchev–Trinajstić information content (AvgIpc) is 3.18. The van der Waals surface area contributed by atoms with Gasteiger partial charge in [0.15, 0.2) is 5.13 Å². The van der Waals surface area contributed by atoms with Gasteiger partial charge in [0.1, 0.15) is 11.5 Å². The fourth-order valence-electron chi connectivity index (χ4n) is 3.50. The molecule has 0 bridgehead atoms. The molecule has 0 unspecified atom stereocenters. The molecule has 2 aromatic carbocycles. The number of thiazole rings is 1. The number of methoxy groups -OCH3 is 2. The Kier molecular flexibility index (Phi) is 8.17. The van der Waals surface area contributed by atoms with E-state index in [2.05, 4.69) is 10.3 Å². The van der Waals surface area contributed by atoms with Crippen LogP contribution in [0.1, 0.15) is 38.1 Å². The van der Waals surface area contributed by atoms with Crippen LogP contribution in [-0.4, -0.2) is 50.9 Å². The highest BCUT2D eigenvalue weighted by molar-refractivity contribution is 7.89. The van der Waals surface area contributed by atoms with Gasteiger partial charge in [-0.3, -0.25) is 10.1 Å². The summed E-state index contributed by atoms with van der Waals surface area (Å²) >= 11 is 1.22. The number of aromatic nitrogens is 1. The van der Waals surface area contributed by atoms with E-state index in [0.29, 0.717) is 45.5 Å². The lowest BCUT2D eigenvalue weighted by atomic mass is 10.2. The number of amides is 1. The van der Waals surface area contributed by atoms with Crippen molar-refractivity contribution >= 4 is 42.6 Å². The lowest BCUT2D eigenvalue weighted by Gasteiger charge is -2.25. The Labute approximate surface area is 205 Å². The highest BCUT2D eigenvalue weighted by Gasteiger charge is 2.26. The maximum atomic E-state index is 13.4. The molecule has 0 spiro atoms. The summed E-state index contributed by atoms with van der Waals surface area (Å²) in [4.78, 5) is 17.5. The normalized spacial score (nSPS) is 12.0. The van der Waals surface area contributed by atoms with Gasteiger partial charge in [-0.2, -0.15) is 4.31 Å². The number of carbonyl (C=O) groups is 1. The van der Waals surface area contributed by atoms with Crippen LogP contribution in [0.5, 0.6) is 11.5 Å². The number of nitrogens with zero attached hydrogens (tertiary/aromatic N) is 2. The predicted molar refractivity (Wildman–Crippen MR) is 136 cm³/mol. The van der Waals surface area contributed by atoms with Crippen LogP contribution in [0.3, 0.4) is 0 Å². The quantitative estimate of drug-likeness (QED) is 0.422. The largest absolute Gasteiger partial charge is 0.497 e. The minimum Gasteiger partial charge on any atom is -0.497 e. The number of rotatable bonds is 10. The number of sulfonamides is 1. The van der Waals surface area contributed by atoms with E-state index in [-0.39, 0.29) is 22.6 Å². The molecule has 0 saturated carbocycles. The van der Waals surface area contributed by atoms with Crippen LogP contribution in [-0.2, 0) is 10.0 Å². The number of ether oxygens (including phenoxy) is 2. The van der Waals surface area contributed by atoms with Crippen molar-refractivity contribution in [2.24, 2.45) is 11.8 Å². The summed E-state index contributed by atoms with van der Waals surface area (Å²) in [5.74, 6) is 0.981. The van der Waals surface area contributed by atoms with Crippen molar-refractivity contribution in [3.63, 3.8) is 0 Å². The van der Waals surface area contributed by atoms with E-state index < -0.39 is 10.0 Å². The van der Waals surface area contributed by atoms with Crippen molar-refractivity contribution in [3.8, 4) is 11.5 Å². The van der Waals surface area contributed by atoms with Gasteiger partial charge in [-0.05, 0) is 42.2 Å². The van der Waals surface area contributed by atoms with Gasteiger partial charge in [-0.25, -0.2) is 13.4 Å². The molecule has 1 aromatic heterocycles. The zero-order valence-electron chi connectivity index (χ0n) is 20.3. The maximum absolute atomic E-state index is 13.4. The highest BCUT2D eigenvalue weighted by Crippen LogP contribution is 2.31. The van der Waals surface area contributed by atoms with Gasteiger partial charge in [0.2, 0.25) is 10.0 Å². The van der Waals surface area contributed by atoms with Gasteiger partial charge in [-0.1, -0.05) is 39.0 Å². The standard InChI is InChI=1S/C24H31N3O5S2/c1-15(2)13-27(14-16(3)4)34(29,30)18-8-10-20-22(12-18)33-24(25-20)26-23(28)19-9-7-17(31-5)11-21(19)32-6/h7-12,15-16H,13-14H2,1-6H3,(H,25,26,28). The van der Waals surface area contributed by atoms with E-state index >= 15 is 0 Å². The number of fused-ring (bicyclic) bond motifs is 1. The smallest absolute Gasteiger partial charge is 0.261 e. The average molecular weight is 506 g/mol. The van der Waals surface area contributed by atoms with Crippen molar-refractivity contribution in [1.82, 2.24) is 9.29 Å². The molecule has 1 amide bonds. The Balaban J connectivity index is 1.88. The van der Waals surface area contributed by atoms with E-state index in [1.165, 1.54) is 25.6 Å². The number of carbonyl (C=O) groups excluding carboxylic acids is 1. The Hall–Kier alpha value is -2.69. The predicted octanol–water partition coefficient (Wildman–Crippen LogP) is 4.87. The van der Waals surface area contributed by atoms with Crippen LogP contribution in [0.15, 0.2) is 41.3 Å². The van der Waals surface area contributed by atoms with Crippen LogP contribution in [0, 0.1) is 11.8 Å². The number of hydrogen-bond acceptors (Lipinski definition) is 7. The van der Waals surface area contributed by atoms with Crippen molar-refractivity contribution in [1.29, 1.82) is 0 Å². The first-order chi connectivity index (χ1) is 16.0. The molecule has 184 valence electrons. The van der Waals surface area contributed by atoms with Crippen molar-refractivity contribution in [3.05, 3.63) is 42.0 Å². The number of nitrogens with one attached hydrogen (secondary N) is 1. The van der Waals surface area contributed by atoms with Crippen LogP contribution in [0.2, 0.25) is 0 Å². The van der Waals surface area contributed by atoms with Gasteiger partial charge in [0.25, 0.3) is 5.91 Å². The number of anilines is 1. The molecule has 0 atom stereocenters. The van der Waals surface area contributed by atoms with Crippen LogP contribution in [0.4, 0.5) is 5.13 Å². The monoisotopic (exact) mass is 505 g/mol. The van der Waals surface area contributed by atoms with Crippen LogP contribution >= 0.6 is 11.3 Å². The molecule has 3 rings (SSSR count). The summed E-state index contributed by atoms with van der Waals surface area (Å²) in [6.07, 6.45) is 0. The highest BCUT2D eigenvalue weighted by atomic mass is 32.2. The Morgan fingerprint density at radius 1 is 1.03 bits per heavy atom. The summed E-state index contributed by atoms with van der Waals surface area (Å²) in [5, 5.41) is 3.15. The molecule has 10 heteroatoms. The second-order valence-corrected chi connectivity index (χ2v) is 11.7. The molecule has 0 saturated heterocycles. The minimum atomic E-state index is -3.66. The van der Waals surface area contributed by atoms with E-state index in [9.17, 15) is 13.2 Å². The van der Waals surface area contributed by atoms with Crippen LogP contribution in [0.25, 0.3) is 10.2 Å². The van der Waals surface area contributed by atoms with Gasteiger partial charge in [-0.15, -0.1) is 0 Å². The third-order valence-electron chi connectivity index (χ3n) is 5.01. The molecule has 34 heavy (non-hydrogen) atoms. The fourth-order valence-corrected chi connectivity index (χ4v) is 6.27. The zero-order chi connectivity index (χ0) is 25.0. The van der Waals surface area contributed by atoms with E-state index in [0.717, 1.165) is 0 Å². The van der Waals surface area contributed by atoms with Gasteiger partial charge in [0.05, 0.1) is 34.9 Å². The first-order valence-corrected chi connectivity index (χ1v) is 13.2. The third kappa shape index (κ3) is 5.86. The van der Waals surface area contributed by atoms with Crippen LogP contribution < -0.4 is 14.8 Å². The molecule has 3 aromatic rings. The SMILES string of the molecule is COc1ccc(C(=O)Nc2nc3ccc(S(=O)(=O)N(CC(C)C)CC(C)C)cc3s2)c(OC)c1. The number of benzene rings is 2. The Morgan fingerprint density at radius 3 is 2.29 bits per heavy atom. The van der Waals surface area contributed by atoms with Gasteiger partial charge in [0, 0.05) is 19.2 Å². The molecule has 0 radical (unpaired) electrons. The summed E-state index contributed by atoms with van der Waals surface area (Å²) < 4.78 is 39.4. The fraction of sp³-hybridized carbons (Fsp3) is 0.417. The first-order valence-electron chi connectivity index (χ1n) is 11.0. The second-order valence-electron chi connectivity index (χ2n) is 8.78. The minimum absolute atomic E-state index is 0.206. The Morgan fingerprint density at radius 2 is 1.71 bits per heavy atom. The third-order valence-corrected chi connectivity index (χ3v) is 7.77. The molecular weight excluding hydrogens is 474 g/mol. The summed E-state index contributed by atoms with van der Waals surface area (Å²) in [6.45, 7) is 8.91. The summed E-state index contributed by atoms with van der Waals surface area (Å²) in [6, 6.07) is 9.79. The van der Waals surface area contributed by atoms with Crippen molar-refractivity contribution in [2.75, 3.05) is 32.6 Å². The van der Waals surface area contributed by atoms with Gasteiger partial charge >= 0.3 is 0 Å². The van der Waals surface area contributed by atoms with E-state index in [4.69, 9.17) is 9.47 Å². The molecule has 1 N–H and O–H groups in total. The molecule has 0 aliphatic carbocycles. The van der Waals surface area contributed by atoms with Gasteiger partial charge < -0.3 is 9.47 Å². The topological polar surface area (TPSA) is 97.8 Å². The Bertz CT molecular complexity index is 1260. The molecule has 0 aliphatic heterocycles. The second kappa shape index (κ2) is 10.7. The maximum Gasteiger partial charge on any atom is 0.261 e. The summed E-state index contributed by atoms with van der Waals surface area (Å²) in [7, 11) is -0.643. The van der Waals surface area contributed by atoms with Crippen molar-refractivity contribution < 1.29 is 22.7 Å². The first kappa shape index (κ1) is 25.9. The lowest BCUT2D eigenvalue weighted by Crippen LogP contribution is -2.37. The lowest BCUT2D eigenvalue weighted by molar-refractivity contribution is 0.102. The molecule has 8 nitrogen and oxygen atoms in total. The molecule has 1 heterocycles. The van der Waals surface area contributed by atoms with E-state index in [1.54, 1.807) is 40.7 Å². The molecule has 0 aliphatic rings. The van der Waals surface area contributed by atoms with E-state index in [1.807, 2.05) is 27.7 Å².